The highest BCUT2D eigenvalue weighted by atomic mass is 19.1. The maximum absolute atomic E-state index is 13.2. The van der Waals surface area contributed by atoms with E-state index in [2.05, 4.69) is 12.2 Å². The van der Waals surface area contributed by atoms with Crippen molar-refractivity contribution in [3.05, 3.63) is 59.9 Å². The molecule has 154 valence electrons. The van der Waals surface area contributed by atoms with Gasteiger partial charge in [-0.3, -0.25) is 9.59 Å². The summed E-state index contributed by atoms with van der Waals surface area (Å²) in [4.78, 5) is 27.4. The first kappa shape index (κ1) is 20.8. The fourth-order valence-corrected chi connectivity index (χ4v) is 3.34. The third-order valence-electron chi connectivity index (χ3n) is 5.01. The van der Waals surface area contributed by atoms with Crippen LogP contribution in [0.15, 0.2) is 48.5 Å². The van der Waals surface area contributed by atoms with Gasteiger partial charge in [-0.15, -0.1) is 0 Å². The molecule has 0 bridgehead atoms. The molecule has 0 aliphatic carbocycles. The lowest BCUT2D eigenvalue weighted by molar-refractivity contribution is -0.895. The quantitative estimate of drug-likeness (QED) is 0.733. The average molecular weight is 400 g/mol. The summed E-state index contributed by atoms with van der Waals surface area (Å²) in [6.45, 7) is 4.92. The summed E-state index contributed by atoms with van der Waals surface area (Å²) >= 11 is 0. The second-order valence-electron chi connectivity index (χ2n) is 7.16. The van der Waals surface area contributed by atoms with Crippen molar-refractivity contribution in [1.29, 1.82) is 0 Å². The smallest absolute Gasteiger partial charge is 0.279 e. The van der Waals surface area contributed by atoms with Crippen molar-refractivity contribution in [3.8, 4) is 5.75 Å². The van der Waals surface area contributed by atoms with Crippen LogP contribution >= 0.6 is 0 Å². The summed E-state index contributed by atoms with van der Waals surface area (Å²) in [5.74, 6) is 0.113. The van der Waals surface area contributed by atoms with Crippen LogP contribution in [0, 0.1) is 5.82 Å². The molecule has 0 unspecified atom stereocenters. The van der Waals surface area contributed by atoms with Gasteiger partial charge in [-0.25, -0.2) is 4.39 Å². The number of piperazine rings is 1. The number of carbonyl (C=O) groups excluding carboxylic acids is 2. The summed E-state index contributed by atoms with van der Waals surface area (Å²) in [6.07, 6.45) is 0.919. The summed E-state index contributed by atoms with van der Waals surface area (Å²) in [5, 5.41) is 2.71. The highest BCUT2D eigenvalue weighted by Crippen LogP contribution is 2.13. The molecule has 2 amide bonds. The number of benzene rings is 2. The molecular weight excluding hydrogens is 373 g/mol. The fraction of sp³-hybridized carbons (Fsp3) is 0.364. The van der Waals surface area contributed by atoms with E-state index in [1.807, 2.05) is 24.3 Å². The van der Waals surface area contributed by atoms with E-state index in [0.717, 1.165) is 11.3 Å². The number of hydrogen-bond acceptors (Lipinski definition) is 3. The number of aryl methyl sites for hydroxylation is 1. The van der Waals surface area contributed by atoms with E-state index in [1.165, 1.54) is 17.7 Å². The topological polar surface area (TPSA) is 63.1 Å². The van der Waals surface area contributed by atoms with Crippen LogP contribution < -0.4 is 15.0 Å². The van der Waals surface area contributed by atoms with Crippen molar-refractivity contribution in [2.75, 3.05) is 44.6 Å². The Morgan fingerprint density at radius 1 is 1.14 bits per heavy atom. The molecule has 2 aromatic carbocycles. The second kappa shape index (κ2) is 10.0. The van der Waals surface area contributed by atoms with Gasteiger partial charge in [-0.05, 0) is 42.3 Å². The number of halogens is 1. The number of ether oxygens (including phenoxy) is 1. The van der Waals surface area contributed by atoms with Crippen LogP contribution in [-0.4, -0.2) is 56.0 Å². The minimum atomic E-state index is -0.383. The van der Waals surface area contributed by atoms with Gasteiger partial charge in [0.15, 0.2) is 13.2 Å². The van der Waals surface area contributed by atoms with Gasteiger partial charge in [0.1, 0.15) is 11.6 Å². The third-order valence-corrected chi connectivity index (χ3v) is 5.01. The molecule has 1 saturated heterocycles. The van der Waals surface area contributed by atoms with Gasteiger partial charge in [0.25, 0.3) is 11.8 Å². The summed E-state index contributed by atoms with van der Waals surface area (Å²) in [5.41, 5.74) is 1.62. The van der Waals surface area contributed by atoms with Gasteiger partial charge in [-0.2, -0.15) is 0 Å². The highest BCUT2D eigenvalue weighted by molar-refractivity contribution is 5.91. The number of nitrogens with zero attached hydrogens (tertiary/aromatic N) is 1. The minimum absolute atomic E-state index is 0.0164. The van der Waals surface area contributed by atoms with Crippen LogP contribution in [0.2, 0.25) is 0 Å². The molecule has 2 N–H and O–H groups in total. The van der Waals surface area contributed by atoms with Gasteiger partial charge >= 0.3 is 0 Å². The molecule has 29 heavy (non-hydrogen) atoms. The number of hydrogen-bond donors (Lipinski definition) is 2. The summed E-state index contributed by atoms with van der Waals surface area (Å²) in [7, 11) is 0. The van der Waals surface area contributed by atoms with Crippen LogP contribution in [0.1, 0.15) is 12.5 Å². The Balaban J connectivity index is 1.40. The van der Waals surface area contributed by atoms with Crippen molar-refractivity contribution < 1.29 is 23.6 Å². The molecule has 1 aliphatic rings. The van der Waals surface area contributed by atoms with Crippen LogP contribution in [0.5, 0.6) is 5.75 Å². The molecule has 0 aromatic heterocycles. The summed E-state index contributed by atoms with van der Waals surface area (Å²) < 4.78 is 18.8. The molecule has 7 heteroatoms. The van der Waals surface area contributed by atoms with E-state index in [9.17, 15) is 14.0 Å². The van der Waals surface area contributed by atoms with Crippen molar-refractivity contribution in [2.24, 2.45) is 0 Å². The molecule has 1 aliphatic heterocycles. The maximum atomic E-state index is 13.2. The van der Waals surface area contributed by atoms with E-state index >= 15 is 0 Å². The van der Waals surface area contributed by atoms with Gasteiger partial charge in [0.2, 0.25) is 0 Å². The van der Waals surface area contributed by atoms with E-state index in [-0.39, 0.29) is 24.2 Å². The zero-order chi connectivity index (χ0) is 20.6. The van der Waals surface area contributed by atoms with Crippen molar-refractivity contribution in [3.63, 3.8) is 0 Å². The number of amides is 2. The molecule has 0 atom stereocenters. The zero-order valence-corrected chi connectivity index (χ0v) is 16.6. The van der Waals surface area contributed by atoms with Gasteiger partial charge in [0, 0.05) is 5.69 Å². The first-order valence-corrected chi connectivity index (χ1v) is 9.92. The lowest BCUT2D eigenvalue weighted by atomic mass is 10.2. The first-order valence-electron chi connectivity index (χ1n) is 9.92. The van der Waals surface area contributed by atoms with Gasteiger partial charge in [0.05, 0.1) is 26.2 Å². The number of quaternary nitrogens is 1. The number of anilines is 1. The Morgan fingerprint density at radius 3 is 2.62 bits per heavy atom. The molecular formula is C22H27FN3O3+. The van der Waals surface area contributed by atoms with E-state index < -0.39 is 0 Å². The molecule has 2 aromatic rings. The minimum Gasteiger partial charge on any atom is -0.484 e. The molecule has 0 spiro atoms. The standard InChI is InChI=1S/C22H26FN3O3/c1-2-17-5-3-8-20(13-17)29-16-22(28)26-11-9-25(10-12-26)15-21(27)24-19-7-4-6-18(23)14-19/h3-8,13-14H,2,9-12,15-16H2,1H3,(H,24,27)/p+1. The third kappa shape index (κ3) is 6.29. The monoisotopic (exact) mass is 400 g/mol. The Labute approximate surface area is 170 Å². The van der Waals surface area contributed by atoms with E-state index in [4.69, 9.17) is 4.74 Å². The molecule has 1 heterocycles. The van der Waals surface area contributed by atoms with Crippen molar-refractivity contribution >= 4 is 17.5 Å². The normalized spacial score (nSPS) is 14.5. The number of carbonyl (C=O) groups is 2. The maximum Gasteiger partial charge on any atom is 0.279 e. The first-order chi connectivity index (χ1) is 14.0. The Hall–Kier alpha value is -2.93. The van der Waals surface area contributed by atoms with Crippen LogP contribution in [0.25, 0.3) is 0 Å². The Morgan fingerprint density at radius 2 is 1.90 bits per heavy atom. The number of nitrogens with one attached hydrogen (secondary N) is 2. The molecule has 3 rings (SSSR count). The fourth-order valence-electron chi connectivity index (χ4n) is 3.34. The number of rotatable bonds is 7. The predicted octanol–water partition coefficient (Wildman–Crippen LogP) is 1.13. The second-order valence-corrected chi connectivity index (χ2v) is 7.16. The predicted molar refractivity (Wildman–Crippen MR) is 108 cm³/mol. The molecule has 0 radical (unpaired) electrons. The molecule has 6 nitrogen and oxygen atoms in total. The zero-order valence-electron chi connectivity index (χ0n) is 16.6. The lowest BCUT2D eigenvalue weighted by Gasteiger charge is -2.31. The van der Waals surface area contributed by atoms with Crippen LogP contribution in [0.4, 0.5) is 10.1 Å². The summed E-state index contributed by atoms with van der Waals surface area (Å²) in [6, 6.07) is 13.6. The Bertz CT molecular complexity index is 851. The van der Waals surface area contributed by atoms with Crippen molar-refractivity contribution in [2.45, 2.75) is 13.3 Å². The van der Waals surface area contributed by atoms with Crippen LogP contribution in [-0.2, 0) is 16.0 Å². The van der Waals surface area contributed by atoms with Gasteiger partial charge in [-0.1, -0.05) is 25.1 Å². The average Bonchev–Trinajstić information content (AvgIpc) is 2.72. The Kier molecular flexibility index (Phi) is 7.19. The molecule has 0 saturated carbocycles. The van der Waals surface area contributed by atoms with E-state index in [1.54, 1.807) is 17.0 Å². The lowest BCUT2D eigenvalue weighted by Crippen LogP contribution is -3.15. The molecule has 1 fully saturated rings. The SMILES string of the molecule is CCc1cccc(OCC(=O)N2CC[NH+](CC(=O)Nc3cccc(F)c3)CC2)c1. The highest BCUT2D eigenvalue weighted by Gasteiger charge is 2.25. The van der Waals surface area contributed by atoms with E-state index in [0.29, 0.717) is 44.2 Å². The largest absolute Gasteiger partial charge is 0.484 e. The van der Waals surface area contributed by atoms with Gasteiger partial charge < -0.3 is 19.9 Å². The van der Waals surface area contributed by atoms with Crippen LogP contribution in [0.3, 0.4) is 0 Å². The van der Waals surface area contributed by atoms with Crippen molar-refractivity contribution in [1.82, 2.24) is 4.90 Å².